The summed E-state index contributed by atoms with van der Waals surface area (Å²) >= 11 is 5.96. The molecular formula is C24H23ClN6O4. The van der Waals surface area contributed by atoms with E-state index >= 15 is 0 Å². The van der Waals surface area contributed by atoms with Crippen LogP contribution in [0.3, 0.4) is 0 Å². The Kier molecular flexibility index (Phi) is 6.00. The zero-order valence-corrected chi connectivity index (χ0v) is 19.7. The van der Waals surface area contributed by atoms with Crippen LogP contribution in [0.5, 0.6) is 5.88 Å². The van der Waals surface area contributed by atoms with E-state index in [-0.39, 0.29) is 18.0 Å². The van der Waals surface area contributed by atoms with Crippen LogP contribution in [0.25, 0.3) is 16.7 Å². The Morgan fingerprint density at radius 3 is 2.51 bits per heavy atom. The number of nitrogens with zero attached hydrogens (tertiary/aromatic N) is 6. The fourth-order valence-corrected chi connectivity index (χ4v) is 4.37. The SMILES string of the molecule is COc1ccc(C(=O)N2CCC(O)(Cn3cnc4c(cnn4-c4ccc(Cl)cc4)c3=O)CC2)cn1. The summed E-state index contributed by atoms with van der Waals surface area (Å²) in [6.45, 7) is 0.799. The summed E-state index contributed by atoms with van der Waals surface area (Å²) in [6, 6.07) is 10.4. The number of hydrogen-bond acceptors (Lipinski definition) is 7. The number of fused-ring (bicyclic) bond motifs is 1. The maximum Gasteiger partial charge on any atom is 0.264 e. The van der Waals surface area contributed by atoms with Gasteiger partial charge in [-0.25, -0.2) is 14.6 Å². The molecule has 1 fully saturated rings. The number of amides is 1. The smallest absolute Gasteiger partial charge is 0.264 e. The van der Waals surface area contributed by atoms with Gasteiger partial charge in [-0.05, 0) is 43.2 Å². The van der Waals surface area contributed by atoms with Crippen molar-refractivity contribution < 1.29 is 14.6 Å². The van der Waals surface area contributed by atoms with Gasteiger partial charge in [0.05, 0.1) is 36.7 Å². The van der Waals surface area contributed by atoms with Crippen molar-refractivity contribution in [3.63, 3.8) is 0 Å². The number of carbonyl (C=O) groups excluding carboxylic acids is 1. The van der Waals surface area contributed by atoms with Crippen LogP contribution in [0.2, 0.25) is 5.02 Å². The van der Waals surface area contributed by atoms with Crippen molar-refractivity contribution >= 4 is 28.5 Å². The summed E-state index contributed by atoms with van der Waals surface area (Å²) in [4.78, 5) is 36.1. The Balaban J connectivity index is 1.30. The summed E-state index contributed by atoms with van der Waals surface area (Å²) in [6.07, 6.45) is 5.04. The van der Waals surface area contributed by atoms with E-state index in [2.05, 4.69) is 15.1 Å². The van der Waals surface area contributed by atoms with Crippen LogP contribution in [0, 0.1) is 0 Å². The van der Waals surface area contributed by atoms with Crippen LogP contribution in [-0.2, 0) is 6.54 Å². The lowest BCUT2D eigenvalue weighted by Crippen LogP contribution is -2.49. The molecule has 1 N–H and O–H groups in total. The molecule has 35 heavy (non-hydrogen) atoms. The van der Waals surface area contributed by atoms with Gasteiger partial charge in [-0.3, -0.25) is 14.2 Å². The molecule has 180 valence electrons. The molecule has 3 aromatic heterocycles. The monoisotopic (exact) mass is 494 g/mol. The van der Waals surface area contributed by atoms with E-state index < -0.39 is 5.60 Å². The minimum Gasteiger partial charge on any atom is -0.481 e. The van der Waals surface area contributed by atoms with Crippen LogP contribution in [-0.4, -0.2) is 66.0 Å². The fraction of sp³-hybridized carbons (Fsp3) is 0.292. The number of aromatic nitrogens is 5. The molecule has 10 nitrogen and oxygen atoms in total. The molecule has 4 aromatic rings. The molecular weight excluding hydrogens is 472 g/mol. The maximum atomic E-state index is 13.1. The molecule has 1 saturated heterocycles. The number of benzene rings is 1. The minimum atomic E-state index is -1.14. The first kappa shape index (κ1) is 23.0. The van der Waals surface area contributed by atoms with Crippen LogP contribution >= 0.6 is 11.6 Å². The Hall–Kier alpha value is -3.76. The number of methoxy groups -OCH3 is 1. The number of carbonyl (C=O) groups is 1. The summed E-state index contributed by atoms with van der Waals surface area (Å²) in [5.74, 6) is 0.279. The molecule has 0 aliphatic carbocycles. The summed E-state index contributed by atoms with van der Waals surface area (Å²) in [7, 11) is 1.51. The number of aliphatic hydroxyl groups is 1. The molecule has 0 bridgehead atoms. The van der Waals surface area contributed by atoms with Crippen molar-refractivity contribution in [2.24, 2.45) is 0 Å². The van der Waals surface area contributed by atoms with Gasteiger partial charge in [-0.15, -0.1) is 0 Å². The third-order valence-electron chi connectivity index (χ3n) is 6.26. The van der Waals surface area contributed by atoms with E-state index in [1.807, 2.05) is 0 Å². The van der Waals surface area contributed by atoms with Gasteiger partial charge >= 0.3 is 0 Å². The summed E-state index contributed by atoms with van der Waals surface area (Å²) in [5, 5.41) is 16.4. The number of rotatable bonds is 5. The maximum absolute atomic E-state index is 13.1. The first-order valence-corrected chi connectivity index (χ1v) is 11.5. The van der Waals surface area contributed by atoms with Crippen LogP contribution < -0.4 is 10.3 Å². The van der Waals surface area contributed by atoms with Gasteiger partial charge in [-0.1, -0.05) is 11.6 Å². The van der Waals surface area contributed by atoms with Gasteiger partial charge in [0.2, 0.25) is 5.88 Å². The van der Waals surface area contributed by atoms with E-state index in [1.165, 1.54) is 30.4 Å². The predicted octanol–water partition coefficient (Wildman–Crippen LogP) is 2.31. The molecule has 1 aromatic carbocycles. The first-order valence-electron chi connectivity index (χ1n) is 11.1. The van der Waals surface area contributed by atoms with Crippen LogP contribution in [0.4, 0.5) is 0 Å². The van der Waals surface area contributed by atoms with Crippen molar-refractivity contribution in [1.29, 1.82) is 0 Å². The Morgan fingerprint density at radius 1 is 1.11 bits per heavy atom. The van der Waals surface area contributed by atoms with Crippen molar-refractivity contribution in [3.8, 4) is 11.6 Å². The van der Waals surface area contributed by atoms with Crippen molar-refractivity contribution in [2.45, 2.75) is 25.0 Å². The second-order valence-corrected chi connectivity index (χ2v) is 8.99. The second-order valence-electron chi connectivity index (χ2n) is 8.55. The largest absolute Gasteiger partial charge is 0.481 e. The molecule has 1 aliphatic rings. The highest BCUT2D eigenvalue weighted by Gasteiger charge is 2.35. The van der Waals surface area contributed by atoms with Crippen molar-refractivity contribution in [1.82, 2.24) is 29.2 Å². The topological polar surface area (TPSA) is 115 Å². The molecule has 0 saturated carbocycles. The molecule has 1 aliphatic heterocycles. The molecule has 0 atom stereocenters. The molecule has 11 heteroatoms. The Morgan fingerprint density at radius 2 is 1.86 bits per heavy atom. The number of pyridine rings is 1. The Labute approximate surface area is 205 Å². The summed E-state index contributed by atoms with van der Waals surface area (Å²) in [5.41, 5.74) is 0.192. The van der Waals surface area contributed by atoms with Crippen molar-refractivity contribution in [3.05, 3.63) is 76.1 Å². The van der Waals surface area contributed by atoms with E-state index in [1.54, 1.807) is 46.0 Å². The number of likely N-dealkylation sites (tertiary alicyclic amines) is 1. The predicted molar refractivity (Wildman–Crippen MR) is 129 cm³/mol. The van der Waals surface area contributed by atoms with E-state index in [4.69, 9.17) is 16.3 Å². The average Bonchev–Trinajstić information content (AvgIpc) is 3.31. The lowest BCUT2D eigenvalue weighted by molar-refractivity contribution is -0.0299. The zero-order chi connectivity index (χ0) is 24.6. The lowest BCUT2D eigenvalue weighted by Gasteiger charge is -2.38. The summed E-state index contributed by atoms with van der Waals surface area (Å²) < 4.78 is 8.01. The van der Waals surface area contributed by atoms with E-state index in [9.17, 15) is 14.7 Å². The molecule has 0 unspecified atom stereocenters. The molecule has 5 rings (SSSR count). The van der Waals surface area contributed by atoms with Crippen LogP contribution in [0.1, 0.15) is 23.2 Å². The van der Waals surface area contributed by atoms with Gasteiger partial charge in [0.25, 0.3) is 11.5 Å². The standard InChI is InChI=1S/C24H23ClN6O4/c1-35-20-7-2-16(12-26-20)22(32)29-10-8-24(34,9-11-29)14-30-15-27-21-19(23(30)33)13-28-31(21)18-5-3-17(25)4-6-18/h2-7,12-13,15,34H,8-11,14H2,1H3. The molecule has 1 amide bonds. The Bertz CT molecular complexity index is 1420. The molecule has 4 heterocycles. The normalized spacial score (nSPS) is 15.3. The lowest BCUT2D eigenvalue weighted by atomic mass is 9.91. The van der Waals surface area contributed by atoms with Gasteiger partial charge < -0.3 is 14.7 Å². The molecule has 0 spiro atoms. The van der Waals surface area contributed by atoms with Gasteiger partial charge in [-0.2, -0.15) is 5.10 Å². The minimum absolute atomic E-state index is 0.0764. The fourth-order valence-electron chi connectivity index (χ4n) is 4.24. The highest BCUT2D eigenvalue weighted by atomic mass is 35.5. The number of ether oxygens (including phenoxy) is 1. The number of piperidine rings is 1. The van der Waals surface area contributed by atoms with Crippen LogP contribution in [0.15, 0.2) is 59.9 Å². The third kappa shape index (κ3) is 4.50. The van der Waals surface area contributed by atoms with Gasteiger partial charge in [0, 0.05) is 30.4 Å². The second kappa shape index (κ2) is 9.12. The highest BCUT2D eigenvalue weighted by Crippen LogP contribution is 2.25. The highest BCUT2D eigenvalue weighted by molar-refractivity contribution is 6.30. The van der Waals surface area contributed by atoms with E-state index in [0.29, 0.717) is 53.4 Å². The van der Waals surface area contributed by atoms with Gasteiger partial charge in [0.1, 0.15) is 11.7 Å². The third-order valence-corrected chi connectivity index (χ3v) is 6.52. The van der Waals surface area contributed by atoms with E-state index in [0.717, 1.165) is 5.69 Å². The van der Waals surface area contributed by atoms with Gasteiger partial charge in [0.15, 0.2) is 5.65 Å². The average molecular weight is 495 g/mol. The number of halogens is 1. The van der Waals surface area contributed by atoms with Crippen molar-refractivity contribution in [2.75, 3.05) is 20.2 Å². The number of hydrogen-bond donors (Lipinski definition) is 1. The molecule has 0 radical (unpaired) electrons. The first-order chi connectivity index (χ1) is 16.9. The quantitative estimate of drug-likeness (QED) is 0.452. The zero-order valence-electron chi connectivity index (χ0n) is 19.0.